The third-order valence-electron chi connectivity index (χ3n) is 4.13. The lowest BCUT2D eigenvalue weighted by molar-refractivity contribution is 0.0453. The van der Waals surface area contributed by atoms with Crippen LogP contribution < -0.4 is 0 Å². The zero-order chi connectivity index (χ0) is 13.2. The molecule has 1 fully saturated rings. The van der Waals surface area contributed by atoms with Crippen molar-refractivity contribution < 1.29 is 5.11 Å². The molecule has 3 nitrogen and oxygen atoms in total. The van der Waals surface area contributed by atoms with Crippen molar-refractivity contribution in [3.63, 3.8) is 0 Å². The molecular weight excluding hydrogens is 244 g/mol. The predicted molar refractivity (Wildman–Crippen MR) is 77.0 cm³/mol. The maximum absolute atomic E-state index is 10.6. The first-order valence-electron chi connectivity index (χ1n) is 6.97. The lowest BCUT2D eigenvalue weighted by Crippen LogP contribution is -2.37. The third kappa shape index (κ3) is 2.75. The highest BCUT2D eigenvalue weighted by atomic mass is 32.2. The first-order chi connectivity index (χ1) is 8.59. The quantitative estimate of drug-likeness (QED) is 0.892. The Hall–Kier alpha value is -0.480. The summed E-state index contributed by atoms with van der Waals surface area (Å²) in [6.45, 7) is 6.51. The zero-order valence-electron chi connectivity index (χ0n) is 11.6. The standard InChI is InChI=1S/C14H24N2OS/c1-4-13(5-2)16-8-6-12(15-16)10-14(17)7-9-18-11(14)3/h6,8,11,13,17H,4-5,7,9-10H2,1-3H3. The normalized spacial score (nSPS) is 28.2. The van der Waals surface area contributed by atoms with E-state index in [1.165, 1.54) is 0 Å². The molecule has 0 bridgehead atoms. The van der Waals surface area contributed by atoms with Crippen LogP contribution in [0.4, 0.5) is 0 Å². The van der Waals surface area contributed by atoms with Crippen LogP contribution in [0.25, 0.3) is 0 Å². The average Bonchev–Trinajstić information content (AvgIpc) is 2.90. The molecule has 1 saturated heterocycles. The fraction of sp³-hybridized carbons (Fsp3) is 0.786. The van der Waals surface area contributed by atoms with Crippen LogP contribution in [0.15, 0.2) is 12.3 Å². The van der Waals surface area contributed by atoms with Gasteiger partial charge in [0.05, 0.1) is 17.3 Å². The summed E-state index contributed by atoms with van der Waals surface area (Å²) < 4.78 is 2.06. The second-order valence-corrected chi connectivity index (χ2v) is 6.75. The van der Waals surface area contributed by atoms with Crippen molar-refractivity contribution in [1.29, 1.82) is 0 Å². The van der Waals surface area contributed by atoms with Crippen LogP contribution in [0.1, 0.15) is 51.8 Å². The molecule has 102 valence electrons. The van der Waals surface area contributed by atoms with Crippen molar-refractivity contribution in [2.75, 3.05) is 5.75 Å². The van der Waals surface area contributed by atoms with Crippen LogP contribution in [-0.4, -0.2) is 31.5 Å². The highest BCUT2D eigenvalue weighted by molar-refractivity contribution is 8.00. The van der Waals surface area contributed by atoms with Crippen LogP contribution in [-0.2, 0) is 6.42 Å². The maximum atomic E-state index is 10.6. The SMILES string of the molecule is CCC(CC)n1ccc(CC2(O)CCSC2C)n1. The molecule has 1 aliphatic rings. The van der Waals surface area contributed by atoms with Crippen LogP contribution in [0, 0.1) is 0 Å². The van der Waals surface area contributed by atoms with Gasteiger partial charge in [-0.05, 0) is 31.1 Å². The summed E-state index contributed by atoms with van der Waals surface area (Å²) in [7, 11) is 0. The van der Waals surface area contributed by atoms with E-state index >= 15 is 0 Å². The molecule has 1 N–H and O–H groups in total. The van der Waals surface area contributed by atoms with Crippen molar-refractivity contribution in [3.8, 4) is 0 Å². The van der Waals surface area contributed by atoms with Crippen molar-refractivity contribution >= 4 is 11.8 Å². The molecule has 1 aromatic rings. The minimum absolute atomic E-state index is 0.316. The molecule has 1 aromatic heterocycles. The van der Waals surface area contributed by atoms with E-state index in [4.69, 9.17) is 0 Å². The summed E-state index contributed by atoms with van der Waals surface area (Å²) in [6.07, 6.45) is 5.84. The number of thioether (sulfide) groups is 1. The molecule has 2 heterocycles. The van der Waals surface area contributed by atoms with Gasteiger partial charge >= 0.3 is 0 Å². The third-order valence-corrected chi connectivity index (χ3v) is 5.51. The van der Waals surface area contributed by atoms with Crippen LogP contribution in [0.5, 0.6) is 0 Å². The van der Waals surface area contributed by atoms with E-state index in [0.717, 1.165) is 30.7 Å². The summed E-state index contributed by atoms with van der Waals surface area (Å²) in [4.78, 5) is 0. The molecule has 0 saturated carbocycles. The minimum atomic E-state index is -0.558. The minimum Gasteiger partial charge on any atom is -0.388 e. The Morgan fingerprint density at radius 2 is 2.28 bits per heavy atom. The van der Waals surface area contributed by atoms with Crippen LogP contribution in [0.2, 0.25) is 0 Å². The van der Waals surface area contributed by atoms with Crippen molar-refractivity contribution in [2.45, 2.75) is 63.3 Å². The molecule has 4 heteroatoms. The molecule has 2 unspecified atom stereocenters. The summed E-state index contributed by atoms with van der Waals surface area (Å²) in [6, 6.07) is 2.55. The second kappa shape index (κ2) is 5.66. The zero-order valence-corrected chi connectivity index (χ0v) is 12.4. The largest absolute Gasteiger partial charge is 0.388 e. The Bertz CT molecular complexity index is 389. The number of aromatic nitrogens is 2. The van der Waals surface area contributed by atoms with E-state index in [9.17, 15) is 5.11 Å². The van der Waals surface area contributed by atoms with Gasteiger partial charge < -0.3 is 5.11 Å². The highest BCUT2D eigenvalue weighted by Gasteiger charge is 2.39. The van der Waals surface area contributed by atoms with E-state index < -0.39 is 5.60 Å². The van der Waals surface area contributed by atoms with E-state index in [1.54, 1.807) is 0 Å². The van der Waals surface area contributed by atoms with E-state index in [2.05, 4.69) is 42.8 Å². The van der Waals surface area contributed by atoms with Gasteiger partial charge in [0.25, 0.3) is 0 Å². The van der Waals surface area contributed by atoms with Gasteiger partial charge in [-0.3, -0.25) is 4.68 Å². The monoisotopic (exact) mass is 268 g/mol. The number of hydrogen-bond acceptors (Lipinski definition) is 3. The molecule has 0 aliphatic carbocycles. The van der Waals surface area contributed by atoms with E-state index in [-0.39, 0.29) is 0 Å². The van der Waals surface area contributed by atoms with Gasteiger partial charge in [0.2, 0.25) is 0 Å². The molecule has 0 amide bonds. The van der Waals surface area contributed by atoms with Crippen molar-refractivity contribution in [3.05, 3.63) is 18.0 Å². The second-order valence-electron chi connectivity index (χ2n) is 5.30. The van der Waals surface area contributed by atoms with Gasteiger partial charge in [-0.25, -0.2) is 0 Å². The molecule has 2 rings (SSSR count). The Labute approximate surface area is 114 Å². The number of nitrogens with zero attached hydrogens (tertiary/aromatic N) is 2. The average molecular weight is 268 g/mol. The Morgan fingerprint density at radius 1 is 1.56 bits per heavy atom. The Morgan fingerprint density at radius 3 is 2.83 bits per heavy atom. The highest BCUT2D eigenvalue weighted by Crippen LogP contribution is 2.37. The van der Waals surface area contributed by atoms with Gasteiger partial charge in [-0.15, -0.1) is 0 Å². The van der Waals surface area contributed by atoms with Gasteiger partial charge in [0.15, 0.2) is 0 Å². The molecule has 0 spiro atoms. The number of aliphatic hydroxyl groups is 1. The lowest BCUT2D eigenvalue weighted by atomic mass is 9.92. The topological polar surface area (TPSA) is 38.0 Å². The molecule has 1 aliphatic heterocycles. The lowest BCUT2D eigenvalue weighted by Gasteiger charge is -2.25. The van der Waals surface area contributed by atoms with Crippen LogP contribution in [0.3, 0.4) is 0 Å². The maximum Gasteiger partial charge on any atom is 0.0826 e. The molecule has 0 aromatic carbocycles. The molecule has 18 heavy (non-hydrogen) atoms. The van der Waals surface area contributed by atoms with Crippen LogP contribution >= 0.6 is 11.8 Å². The predicted octanol–water partition coefficient (Wildman–Crippen LogP) is 3.04. The van der Waals surface area contributed by atoms with Gasteiger partial charge in [0.1, 0.15) is 0 Å². The van der Waals surface area contributed by atoms with Crippen molar-refractivity contribution in [2.24, 2.45) is 0 Å². The fourth-order valence-corrected chi connectivity index (χ4v) is 3.99. The van der Waals surface area contributed by atoms with Gasteiger partial charge in [-0.2, -0.15) is 16.9 Å². The van der Waals surface area contributed by atoms with E-state index in [0.29, 0.717) is 17.7 Å². The Balaban J connectivity index is 2.06. The summed E-state index contributed by atoms with van der Waals surface area (Å²) >= 11 is 1.86. The van der Waals surface area contributed by atoms with Crippen molar-refractivity contribution in [1.82, 2.24) is 9.78 Å². The molecular formula is C14H24N2OS. The number of hydrogen-bond donors (Lipinski definition) is 1. The Kier molecular flexibility index (Phi) is 4.38. The molecule has 0 radical (unpaired) electrons. The first-order valence-corrected chi connectivity index (χ1v) is 8.02. The van der Waals surface area contributed by atoms with Gasteiger partial charge in [-0.1, -0.05) is 20.8 Å². The smallest absolute Gasteiger partial charge is 0.0826 e. The summed E-state index contributed by atoms with van der Waals surface area (Å²) in [5.74, 6) is 1.06. The summed E-state index contributed by atoms with van der Waals surface area (Å²) in [5, 5.41) is 15.6. The number of rotatable bonds is 5. The van der Waals surface area contributed by atoms with E-state index in [1.807, 2.05) is 11.8 Å². The fourth-order valence-electron chi connectivity index (χ4n) is 2.65. The van der Waals surface area contributed by atoms with Gasteiger partial charge in [0, 0.05) is 17.9 Å². The summed E-state index contributed by atoms with van der Waals surface area (Å²) in [5.41, 5.74) is 0.469. The molecule has 2 atom stereocenters. The first kappa shape index (κ1) is 13.9.